The van der Waals surface area contributed by atoms with Crippen LogP contribution in [0.25, 0.3) is 0 Å². The lowest BCUT2D eigenvalue weighted by Crippen LogP contribution is -2.28. The van der Waals surface area contributed by atoms with Crippen molar-refractivity contribution in [2.45, 2.75) is 51.0 Å². The summed E-state index contributed by atoms with van der Waals surface area (Å²) in [5.41, 5.74) is 0. The highest BCUT2D eigenvalue weighted by molar-refractivity contribution is 4.91. The molecule has 2 nitrogen and oxygen atoms in total. The van der Waals surface area contributed by atoms with Gasteiger partial charge in [0, 0.05) is 0 Å². The van der Waals surface area contributed by atoms with E-state index in [0.717, 1.165) is 12.3 Å². The van der Waals surface area contributed by atoms with Crippen LogP contribution in [0.3, 0.4) is 0 Å². The first-order chi connectivity index (χ1) is 6.74. The lowest BCUT2D eigenvalue weighted by Gasteiger charge is -2.22. The van der Waals surface area contributed by atoms with Gasteiger partial charge in [-0.05, 0) is 26.4 Å². The van der Waals surface area contributed by atoms with Crippen LogP contribution in [0.15, 0.2) is 0 Å². The lowest BCUT2D eigenvalue weighted by atomic mass is 9.93. The molecular weight excluding hydrogens is 172 g/mol. The van der Waals surface area contributed by atoms with Crippen LogP contribution in [0, 0.1) is 17.2 Å². The lowest BCUT2D eigenvalue weighted by molar-refractivity contribution is 0.279. The van der Waals surface area contributed by atoms with Crippen molar-refractivity contribution in [3.8, 4) is 6.07 Å². The second-order valence-electron chi connectivity index (χ2n) is 4.70. The summed E-state index contributed by atoms with van der Waals surface area (Å²) in [6.45, 7) is 0. The second kappa shape index (κ2) is 6.03. The van der Waals surface area contributed by atoms with E-state index >= 15 is 0 Å². The Morgan fingerprint density at radius 3 is 2.21 bits per heavy atom. The van der Waals surface area contributed by atoms with Gasteiger partial charge in [-0.1, -0.05) is 38.5 Å². The van der Waals surface area contributed by atoms with E-state index in [2.05, 4.69) is 6.07 Å². The molecule has 0 aromatic heterocycles. The molecule has 0 aromatic rings. The molecule has 0 aliphatic heterocycles. The summed E-state index contributed by atoms with van der Waals surface area (Å²) in [6.07, 6.45) is 9.29. The average Bonchev–Trinajstić information content (AvgIpc) is 2.41. The van der Waals surface area contributed by atoms with E-state index in [1.54, 1.807) is 0 Å². The highest BCUT2D eigenvalue weighted by atomic mass is 15.1. The molecule has 1 aliphatic rings. The molecule has 0 heterocycles. The minimum Gasteiger partial charge on any atom is -0.294 e. The van der Waals surface area contributed by atoms with Crippen LogP contribution < -0.4 is 0 Å². The molecular formula is C12H22N2. The summed E-state index contributed by atoms with van der Waals surface area (Å²) in [6, 6.07) is 2.52. The molecule has 0 amide bonds. The average molecular weight is 194 g/mol. The van der Waals surface area contributed by atoms with Gasteiger partial charge in [0.15, 0.2) is 0 Å². The Labute approximate surface area is 87.9 Å². The minimum absolute atomic E-state index is 0.123. The van der Waals surface area contributed by atoms with Crippen LogP contribution in [-0.2, 0) is 0 Å². The van der Waals surface area contributed by atoms with Gasteiger partial charge in [-0.2, -0.15) is 5.26 Å². The molecule has 0 aromatic carbocycles. The molecule has 14 heavy (non-hydrogen) atoms. The Balaban J connectivity index is 2.37. The Morgan fingerprint density at radius 1 is 1.21 bits per heavy atom. The fourth-order valence-electron chi connectivity index (χ4n) is 2.29. The maximum atomic E-state index is 9.01. The van der Waals surface area contributed by atoms with Crippen molar-refractivity contribution >= 4 is 0 Å². The van der Waals surface area contributed by atoms with Gasteiger partial charge < -0.3 is 0 Å². The molecule has 0 radical (unpaired) electrons. The maximum absolute atomic E-state index is 9.01. The number of nitriles is 1. The van der Waals surface area contributed by atoms with Crippen molar-refractivity contribution in [2.24, 2.45) is 5.92 Å². The standard InChI is InChI=1S/C12H22N2/c1-14(2)12(10-13)9-11-7-5-3-4-6-8-11/h11-12H,3-9H2,1-2H3. The molecule has 0 N–H and O–H groups in total. The number of nitrogens with zero attached hydrogens (tertiary/aromatic N) is 2. The third-order valence-corrected chi connectivity index (χ3v) is 3.30. The molecule has 1 aliphatic carbocycles. The smallest absolute Gasteiger partial charge is 0.0975 e. The van der Waals surface area contributed by atoms with E-state index in [0.29, 0.717) is 0 Å². The van der Waals surface area contributed by atoms with Gasteiger partial charge in [-0.15, -0.1) is 0 Å². The zero-order valence-electron chi connectivity index (χ0n) is 9.50. The third-order valence-electron chi connectivity index (χ3n) is 3.30. The molecule has 1 atom stereocenters. The Kier molecular flexibility index (Phi) is 4.97. The second-order valence-corrected chi connectivity index (χ2v) is 4.70. The molecule has 0 saturated heterocycles. The zero-order chi connectivity index (χ0) is 10.4. The van der Waals surface area contributed by atoms with Gasteiger partial charge in [0.05, 0.1) is 12.1 Å². The summed E-state index contributed by atoms with van der Waals surface area (Å²) in [7, 11) is 4.01. The predicted octanol–water partition coefficient (Wildman–Crippen LogP) is 2.80. The van der Waals surface area contributed by atoms with E-state index in [1.165, 1.54) is 38.5 Å². The van der Waals surface area contributed by atoms with Crippen LogP contribution in [0.2, 0.25) is 0 Å². The van der Waals surface area contributed by atoms with Crippen molar-refractivity contribution in [1.82, 2.24) is 4.90 Å². The van der Waals surface area contributed by atoms with E-state index in [1.807, 2.05) is 19.0 Å². The van der Waals surface area contributed by atoms with E-state index < -0.39 is 0 Å². The largest absolute Gasteiger partial charge is 0.294 e. The fourth-order valence-corrected chi connectivity index (χ4v) is 2.29. The van der Waals surface area contributed by atoms with Crippen LogP contribution in [0.1, 0.15) is 44.9 Å². The van der Waals surface area contributed by atoms with Crippen LogP contribution in [0.5, 0.6) is 0 Å². The molecule has 1 rings (SSSR count). The number of hydrogen-bond donors (Lipinski definition) is 0. The van der Waals surface area contributed by atoms with Gasteiger partial charge in [-0.3, -0.25) is 4.90 Å². The first-order valence-corrected chi connectivity index (χ1v) is 5.80. The monoisotopic (exact) mass is 194 g/mol. The first kappa shape index (κ1) is 11.5. The normalized spacial score (nSPS) is 21.6. The molecule has 1 saturated carbocycles. The zero-order valence-corrected chi connectivity index (χ0v) is 9.50. The van der Waals surface area contributed by atoms with Gasteiger partial charge >= 0.3 is 0 Å². The van der Waals surface area contributed by atoms with Crippen molar-refractivity contribution < 1.29 is 0 Å². The maximum Gasteiger partial charge on any atom is 0.0975 e. The summed E-state index contributed by atoms with van der Waals surface area (Å²) in [5, 5.41) is 9.01. The van der Waals surface area contributed by atoms with Crippen LogP contribution in [0.4, 0.5) is 0 Å². The van der Waals surface area contributed by atoms with Gasteiger partial charge in [0.25, 0.3) is 0 Å². The number of hydrogen-bond acceptors (Lipinski definition) is 2. The summed E-state index contributed by atoms with van der Waals surface area (Å²) >= 11 is 0. The predicted molar refractivity (Wildman–Crippen MR) is 58.9 cm³/mol. The summed E-state index contributed by atoms with van der Waals surface area (Å²) < 4.78 is 0. The van der Waals surface area contributed by atoms with Gasteiger partial charge in [-0.25, -0.2) is 0 Å². The van der Waals surface area contributed by atoms with Crippen molar-refractivity contribution in [2.75, 3.05) is 14.1 Å². The quantitative estimate of drug-likeness (QED) is 0.646. The third kappa shape index (κ3) is 3.67. The first-order valence-electron chi connectivity index (χ1n) is 5.80. The van der Waals surface area contributed by atoms with Crippen molar-refractivity contribution in [3.05, 3.63) is 0 Å². The summed E-state index contributed by atoms with van der Waals surface area (Å²) in [5.74, 6) is 0.796. The van der Waals surface area contributed by atoms with Gasteiger partial charge in [0.2, 0.25) is 0 Å². The molecule has 1 unspecified atom stereocenters. The fraction of sp³-hybridized carbons (Fsp3) is 0.917. The number of rotatable bonds is 3. The molecule has 1 fully saturated rings. The summed E-state index contributed by atoms with van der Waals surface area (Å²) in [4.78, 5) is 2.05. The molecule has 0 spiro atoms. The van der Waals surface area contributed by atoms with Crippen molar-refractivity contribution in [1.29, 1.82) is 5.26 Å². The van der Waals surface area contributed by atoms with E-state index in [-0.39, 0.29) is 6.04 Å². The topological polar surface area (TPSA) is 27.0 Å². The van der Waals surface area contributed by atoms with E-state index in [9.17, 15) is 0 Å². The molecule has 2 heteroatoms. The van der Waals surface area contributed by atoms with Crippen LogP contribution in [-0.4, -0.2) is 25.0 Å². The minimum atomic E-state index is 0.123. The molecule has 80 valence electrons. The highest BCUT2D eigenvalue weighted by Gasteiger charge is 2.18. The Hall–Kier alpha value is -0.550. The SMILES string of the molecule is CN(C)C(C#N)CC1CCCCCC1. The van der Waals surface area contributed by atoms with E-state index in [4.69, 9.17) is 5.26 Å². The van der Waals surface area contributed by atoms with Gasteiger partial charge in [0.1, 0.15) is 0 Å². The Morgan fingerprint density at radius 2 is 1.79 bits per heavy atom. The highest BCUT2D eigenvalue weighted by Crippen LogP contribution is 2.27. The van der Waals surface area contributed by atoms with Crippen molar-refractivity contribution in [3.63, 3.8) is 0 Å². The van der Waals surface area contributed by atoms with Crippen LogP contribution >= 0.6 is 0 Å². The Bertz CT molecular complexity index is 185. The molecule has 0 bridgehead atoms.